The minimum Gasteiger partial charge on any atom is -0.504 e. The number of rotatable bonds is 3. The lowest BCUT2D eigenvalue weighted by atomic mass is 9.53. The van der Waals surface area contributed by atoms with E-state index in [9.17, 15) is 15.3 Å². The van der Waals surface area contributed by atoms with Gasteiger partial charge in [-0.1, -0.05) is 54.6 Å². The van der Waals surface area contributed by atoms with Crippen molar-refractivity contribution in [3.05, 3.63) is 94.7 Å². The van der Waals surface area contributed by atoms with Crippen molar-refractivity contribution >= 4 is 10.9 Å². The quantitative estimate of drug-likeness (QED) is 0.363. The highest BCUT2D eigenvalue weighted by atomic mass is 16.3. The molecule has 0 spiro atoms. The fourth-order valence-corrected chi connectivity index (χ4v) is 7.14. The number of nitrogens with zero attached hydrogens (tertiary/aromatic N) is 2. The molecular formula is C31H34N2O3. The Kier molecular flexibility index (Phi) is 5.22. The van der Waals surface area contributed by atoms with Gasteiger partial charge in [-0.15, -0.1) is 0 Å². The topological polar surface area (TPSA) is 68.9 Å². The lowest BCUT2D eigenvalue weighted by Gasteiger charge is -2.59. The number of phenols is 2. The molecule has 1 unspecified atom stereocenters. The van der Waals surface area contributed by atoms with Crippen molar-refractivity contribution in [3.63, 3.8) is 0 Å². The normalized spacial score (nSPS) is 26.1. The van der Waals surface area contributed by atoms with Gasteiger partial charge in [0.1, 0.15) is 0 Å². The van der Waals surface area contributed by atoms with Crippen molar-refractivity contribution in [2.45, 2.75) is 56.7 Å². The molecule has 1 aliphatic heterocycles. The van der Waals surface area contributed by atoms with E-state index in [0.717, 1.165) is 18.7 Å². The van der Waals surface area contributed by atoms with Gasteiger partial charge < -0.3 is 24.8 Å². The molecule has 1 fully saturated rings. The number of aromatic hydroxyl groups is 2. The summed E-state index contributed by atoms with van der Waals surface area (Å²) < 4.78 is 2.40. The van der Waals surface area contributed by atoms with Crippen molar-refractivity contribution in [1.82, 2.24) is 9.47 Å². The third kappa shape index (κ3) is 3.09. The van der Waals surface area contributed by atoms with Gasteiger partial charge in [-0.05, 0) is 62.7 Å². The molecule has 0 saturated carbocycles. The van der Waals surface area contributed by atoms with Crippen molar-refractivity contribution in [2.75, 3.05) is 13.6 Å². The lowest BCUT2D eigenvalue weighted by Crippen LogP contribution is -2.70. The standard InChI is InChI=1S/C31H34N2O3/c1-20-13-14-27(34)29(35)28(20)30-15-16-32(3)21(2)31(30,36)17-24-23-11-7-8-12-25(23)33(26(24)18-30)19-22-9-5-4-6-10-22/h4-14,21,34-36H,15-19H2,1-3H3/t21?,30-,31-/m1/s1. The number of aromatic nitrogens is 1. The Morgan fingerprint density at radius 3 is 2.44 bits per heavy atom. The van der Waals surface area contributed by atoms with E-state index in [1.807, 2.05) is 19.1 Å². The van der Waals surface area contributed by atoms with Crippen LogP contribution in [0.5, 0.6) is 11.5 Å². The largest absolute Gasteiger partial charge is 0.504 e. The van der Waals surface area contributed by atoms with E-state index in [4.69, 9.17) is 0 Å². The first-order chi connectivity index (χ1) is 17.3. The first-order valence-corrected chi connectivity index (χ1v) is 12.8. The summed E-state index contributed by atoms with van der Waals surface area (Å²) in [5, 5.41) is 35.7. The van der Waals surface area contributed by atoms with Crippen LogP contribution in [0, 0.1) is 6.92 Å². The molecule has 4 aromatic rings. The second kappa shape index (κ2) is 8.12. The molecule has 2 heterocycles. The maximum Gasteiger partial charge on any atom is 0.161 e. The molecule has 36 heavy (non-hydrogen) atoms. The first kappa shape index (κ1) is 23.1. The molecule has 5 nitrogen and oxygen atoms in total. The van der Waals surface area contributed by atoms with Crippen molar-refractivity contribution in [2.24, 2.45) is 0 Å². The minimum absolute atomic E-state index is 0.0978. The number of phenolic OH excluding ortho intramolecular Hbond substituents is 2. The fourth-order valence-electron chi connectivity index (χ4n) is 7.14. The molecule has 6 rings (SSSR count). The molecule has 3 aromatic carbocycles. The van der Waals surface area contributed by atoms with Crippen LogP contribution in [0.3, 0.4) is 0 Å². The van der Waals surface area contributed by atoms with Gasteiger partial charge in [0.25, 0.3) is 0 Å². The molecular weight excluding hydrogens is 448 g/mol. The predicted octanol–water partition coefficient (Wildman–Crippen LogP) is 4.90. The van der Waals surface area contributed by atoms with Crippen LogP contribution in [-0.4, -0.2) is 50.0 Å². The zero-order chi connectivity index (χ0) is 25.2. The van der Waals surface area contributed by atoms with Gasteiger partial charge in [-0.2, -0.15) is 0 Å². The van der Waals surface area contributed by atoms with Crippen molar-refractivity contribution in [1.29, 1.82) is 0 Å². The summed E-state index contributed by atoms with van der Waals surface area (Å²) in [7, 11) is 2.07. The van der Waals surface area contributed by atoms with E-state index in [1.54, 1.807) is 6.07 Å². The first-order valence-electron chi connectivity index (χ1n) is 12.8. The van der Waals surface area contributed by atoms with Crippen LogP contribution in [0.15, 0.2) is 66.7 Å². The monoisotopic (exact) mass is 482 g/mol. The van der Waals surface area contributed by atoms with Crippen LogP contribution in [-0.2, 0) is 24.8 Å². The predicted molar refractivity (Wildman–Crippen MR) is 143 cm³/mol. The summed E-state index contributed by atoms with van der Waals surface area (Å²) >= 11 is 0. The summed E-state index contributed by atoms with van der Waals surface area (Å²) in [5.74, 6) is -0.228. The zero-order valence-electron chi connectivity index (χ0n) is 21.2. The Morgan fingerprint density at radius 1 is 0.944 bits per heavy atom. The Balaban J connectivity index is 1.64. The number of likely N-dealkylation sites (N-methyl/N-ethyl adjacent to an activating group) is 1. The number of hydrogen-bond acceptors (Lipinski definition) is 4. The molecule has 0 radical (unpaired) electrons. The van der Waals surface area contributed by atoms with Crippen molar-refractivity contribution < 1.29 is 15.3 Å². The number of aryl methyl sites for hydroxylation is 1. The number of benzene rings is 3. The van der Waals surface area contributed by atoms with Gasteiger partial charge in [0.15, 0.2) is 11.5 Å². The number of hydrogen-bond donors (Lipinski definition) is 3. The highest BCUT2D eigenvalue weighted by Crippen LogP contribution is 2.57. The Bertz CT molecular complexity index is 1460. The fraction of sp³-hybridized carbons (Fsp3) is 0.355. The zero-order valence-corrected chi connectivity index (χ0v) is 21.2. The maximum absolute atomic E-state index is 12.7. The maximum atomic E-state index is 12.7. The van der Waals surface area contributed by atoms with Gasteiger partial charge in [0, 0.05) is 53.0 Å². The van der Waals surface area contributed by atoms with Gasteiger partial charge in [-0.25, -0.2) is 0 Å². The minimum atomic E-state index is -1.12. The molecule has 186 valence electrons. The summed E-state index contributed by atoms with van der Waals surface area (Å²) in [6.07, 6.45) is 1.77. The Morgan fingerprint density at radius 2 is 1.67 bits per heavy atom. The van der Waals surface area contributed by atoms with Gasteiger partial charge in [0.05, 0.1) is 5.60 Å². The van der Waals surface area contributed by atoms with Crippen LogP contribution in [0.2, 0.25) is 0 Å². The molecule has 1 aromatic heterocycles. The third-order valence-corrected chi connectivity index (χ3v) is 9.21. The smallest absolute Gasteiger partial charge is 0.161 e. The Labute approximate surface area is 212 Å². The summed E-state index contributed by atoms with van der Waals surface area (Å²) in [6.45, 7) is 5.61. The second-order valence-electron chi connectivity index (χ2n) is 10.9. The summed E-state index contributed by atoms with van der Waals surface area (Å²) in [4.78, 5) is 2.22. The molecule has 3 N–H and O–H groups in total. The van der Waals surface area contributed by atoms with Gasteiger partial charge in [-0.3, -0.25) is 0 Å². The number of likely N-dealkylation sites (tertiary alicyclic amines) is 1. The van der Waals surface area contributed by atoms with Gasteiger partial charge >= 0.3 is 0 Å². The van der Waals surface area contributed by atoms with E-state index in [1.165, 1.54) is 27.7 Å². The summed E-state index contributed by atoms with van der Waals surface area (Å²) in [5.41, 5.74) is 4.53. The molecule has 0 amide bonds. The number of piperidine rings is 1. The highest BCUT2D eigenvalue weighted by molar-refractivity contribution is 5.86. The third-order valence-electron chi connectivity index (χ3n) is 9.21. The SMILES string of the molecule is Cc1ccc(O)c(O)c1[C@]12CCN(C)C(C)[C@]1(O)Cc1c(n(Cc3ccccc3)c3ccccc13)C2. The number of aliphatic hydroxyl groups is 1. The molecule has 5 heteroatoms. The lowest BCUT2D eigenvalue weighted by molar-refractivity contribution is -0.133. The van der Waals surface area contributed by atoms with Crippen molar-refractivity contribution in [3.8, 4) is 11.5 Å². The van der Waals surface area contributed by atoms with Gasteiger partial charge in [0.2, 0.25) is 0 Å². The molecule has 1 aliphatic carbocycles. The average Bonchev–Trinajstić information content (AvgIpc) is 3.16. The van der Waals surface area contributed by atoms with Crippen LogP contribution >= 0.6 is 0 Å². The Hall–Kier alpha value is -3.28. The van der Waals surface area contributed by atoms with Crippen LogP contribution < -0.4 is 0 Å². The molecule has 0 bridgehead atoms. The van der Waals surface area contributed by atoms with Crippen LogP contribution in [0.1, 0.15) is 41.3 Å². The van der Waals surface area contributed by atoms with Crippen LogP contribution in [0.4, 0.5) is 0 Å². The van der Waals surface area contributed by atoms with E-state index < -0.39 is 11.0 Å². The molecule has 1 saturated heterocycles. The van der Waals surface area contributed by atoms with E-state index in [-0.39, 0.29) is 17.5 Å². The number of fused-ring (bicyclic) bond motifs is 4. The number of para-hydroxylation sites is 1. The summed E-state index contributed by atoms with van der Waals surface area (Å²) in [6, 6.07) is 22.2. The second-order valence-corrected chi connectivity index (χ2v) is 10.9. The average molecular weight is 483 g/mol. The van der Waals surface area contributed by atoms with E-state index in [0.29, 0.717) is 24.8 Å². The molecule has 2 aliphatic rings. The van der Waals surface area contributed by atoms with Crippen LogP contribution in [0.25, 0.3) is 10.9 Å². The van der Waals surface area contributed by atoms with E-state index >= 15 is 0 Å². The van der Waals surface area contributed by atoms with E-state index in [2.05, 4.69) is 72.0 Å². The molecule has 3 atom stereocenters. The highest BCUT2D eigenvalue weighted by Gasteiger charge is 2.62.